The van der Waals surface area contributed by atoms with Crippen molar-refractivity contribution < 1.29 is 14.3 Å². The molecule has 16 heavy (non-hydrogen) atoms. The lowest BCUT2D eigenvalue weighted by atomic mass is 10.2. The third-order valence-electron chi connectivity index (χ3n) is 2.98. The van der Waals surface area contributed by atoms with Gasteiger partial charge in [0.25, 0.3) is 0 Å². The number of rotatable bonds is 5. The normalized spacial score (nSPS) is 14.6. The minimum absolute atomic E-state index is 0.146. The Morgan fingerprint density at radius 2 is 2.00 bits per heavy atom. The van der Waals surface area contributed by atoms with Gasteiger partial charge in [-0.3, -0.25) is 0 Å². The highest BCUT2D eigenvalue weighted by Gasteiger charge is 2.37. The summed E-state index contributed by atoms with van der Waals surface area (Å²) in [6.07, 6.45) is -1.05. The fourth-order valence-corrected chi connectivity index (χ4v) is 1.87. The van der Waals surface area contributed by atoms with Crippen molar-refractivity contribution >= 4 is 14.4 Å². The molecule has 0 aliphatic rings. The lowest BCUT2D eigenvalue weighted by Crippen LogP contribution is -2.46. The SMILES string of the molecule is CC(C)(C)[Si](C)(C)OC[C@@H](N)CNC(=O)O. The second-order valence-electron chi connectivity index (χ2n) is 5.52. The molecule has 0 aliphatic heterocycles. The lowest BCUT2D eigenvalue weighted by molar-refractivity contribution is 0.191. The van der Waals surface area contributed by atoms with Crippen LogP contribution in [0.1, 0.15) is 20.8 Å². The lowest BCUT2D eigenvalue weighted by Gasteiger charge is -2.36. The number of hydrogen-bond donors (Lipinski definition) is 3. The summed E-state index contributed by atoms with van der Waals surface area (Å²) in [7, 11) is -1.78. The van der Waals surface area contributed by atoms with E-state index in [0.29, 0.717) is 6.61 Å². The van der Waals surface area contributed by atoms with Crippen LogP contribution in [0.2, 0.25) is 18.1 Å². The van der Waals surface area contributed by atoms with Crippen molar-refractivity contribution in [1.82, 2.24) is 5.32 Å². The van der Waals surface area contributed by atoms with Gasteiger partial charge in [0.2, 0.25) is 0 Å². The Hall–Kier alpha value is -0.593. The average Bonchev–Trinajstić information content (AvgIpc) is 2.09. The van der Waals surface area contributed by atoms with E-state index in [1.807, 2.05) is 0 Å². The van der Waals surface area contributed by atoms with E-state index in [0.717, 1.165) is 0 Å². The van der Waals surface area contributed by atoms with Crippen LogP contribution in [0, 0.1) is 0 Å². The molecule has 0 unspecified atom stereocenters. The third-order valence-corrected chi connectivity index (χ3v) is 7.48. The highest BCUT2D eigenvalue weighted by Crippen LogP contribution is 2.36. The fourth-order valence-electron chi connectivity index (χ4n) is 0.809. The molecule has 0 bridgehead atoms. The molecule has 6 heteroatoms. The van der Waals surface area contributed by atoms with Crippen molar-refractivity contribution in [1.29, 1.82) is 0 Å². The van der Waals surface area contributed by atoms with Gasteiger partial charge < -0.3 is 20.6 Å². The molecular weight excluding hydrogens is 224 g/mol. The van der Waals surface area contributed by atoms with Gasteiger partial charge in [0.1, 0.15) is 0 Å². The second kappa shape index (κ2) is 5.65. The first-order chi connectivity index (χ1) is 7.06. The zero-order valence-electron chi connectivity index (χ0n) is 10.8. The Morgan fingerprint density at radius 1 is 1.50 bits per heavy atom. The van der Waals surface area contributed by atoms with Gasteiger partial charge in [-0.05, 0) is 18.1 Å². The minimum Gasteiger partial charge on any atom is -0.465 e. The molecule has 0 radical (unpaired) electrons. The number of amides is 1. The van der Waals surface area contributed by atoms with Crippen molar-refractivity contribution in [3.63, 3.8) is 0 Å². The molecule has 0 rings (SSSR count). The smallest absolute Gasteiger partial charge is 0.404 e. The van der Waals surface area contributed by atoms with Crippen LogP contribution in [0.25, 0.3) is 0 Å². The number of carboxylic acid groups (broad SMARTS) is 1. The second-order valence-corrected chi connectivity index (χ2v) is 10.3. The number of nitrogens with one attached hydrogen (secondary N) is 1. The van der Waals surface area contributed by atoms with E-state index in [1.54, 1.807) is 0 Å². The average molecular weight is 248 g/mol. The summed E-state index contributed by atoms with van der Waals surface area (Å²) < 4.78 is 5.87. The summed E-state index contributed by atoms with van der Waals surface area (Å²) in [6.45, 7) is 11.4. The molecule has 0 aromatic carbocycles. The first-order valence-electron chi connectivity index (χ1n) is 5.42. The summed E-state index contributed by atoms with van der Waals surface area (Å²) >= 11 is 0. The molecule has 0 heterocycles. The summed E-state index contributed by atoms with van der Waals surface area (Å²) in [6, 6.07) is -0.287. The predicted molar refractivity (Wildman–Crippen MR) is 67.2 cm³/mol. The highest BCUT2D eigenvalue weighted by atomic mass is 28.4. The zero-order valence-corrected chi connectivity index (χ0v) is 11.8. The summed E-state index contributed by atoms with van der Waals surface area (Å²) in [5.74, 6) is 0. The van der Waals surface area contributed by atoms with Crippen LogP contribution >= 0.6 is 0 Å². The van der Waals surface area contributed by atoms with Gasteiger partial charge in [-0.15, -0.1) is 0 Å². The number of nitrogens with two attached hydrogens (primary N) is 1. The van der Waals surface area contributed by atoms with E-state index in [4.69, 9.17) is 15.3 Å². The summed E-state index contributed by atoms with van der Waals surface area (Å²) in [4.78, 5) is 10.3. The Kier molecular flexibility index (Phi) is 5.44. The van der Waals surface area contributed by atoms with Gasteiger partial charge in [0.05, 0.1) is 6.61 Å². The molecule has 96 valence electrons. The Bertz CT molecular complexity index is 239. The van der Waals surface area contributed by atoms with Crippen molar-refractivity contribution in [3.05, 3.63) is 0 Å². The molecule has 0 aliphatic carbocycles. The zero-order chi connectivity index (χ0) is 13.0. The topological polar surface area (TPSA) is 84.6 Å². The molecule has 0 aromatic heterocycles. The molecule has 1 atom stereocenters. The first-order valence-corrected chi connectivity index (χ1v) is 8.33. The van der Waals surface area contributed by atoms with Crippen LogP contribution in [0.15, 0.2) is 0 Å². The van der Waals surface area contributed by atoms with Gasteiger partial charge >= 0.3 is 6.09 Å². The molecule has 0 spiro atoms. The maximum absolute atomic E-state index is 10.3. The monoisotopic (exact) mass is 248 g/mol. The van der Waals surface area contributed by atoms with Gasteiger partial charge in [-0.25, -0.2) is 4.79 Å². The van der Waals surface area contributed by atoms with Crippen molar-refractivity contribution in [2.75, 3.05) is 13.2 Å². The van der Waals surface area contributed by atoms with Crippen LogP contribution in [0.5, 0.6) is 0 Å². The summed E-state index contributed by atoms with van der Waals surface area (Å²) in [5, 5.41) is 10.8. The van der Waals surface area contributed by atoms with E-state index < -0.39 is 14.4 Å². The van der Waals surface area contributed by atoms with E-state index in [9.17, 15) is 4.79 Å². The van der Waals surface area contributed by atoms with E-state index in [2.05, 4.69) is 39.2 Å². The molecule has 0 saturated carbocycles. The Morgan fingerprint density at radius 3 is 2.38 bits per heavy atom. The maximum atomic E-state index is 10.3. The maximum Gasteiger partial charge on any atom is 0.404 e. The molecule has 0 fully saturated rings. The van der Waals surface area contributed by atoms with Crippen LogP contribution in [0.4, 0.5) is 4.79 Å². The standard InChI is InChI=1S/C10H24N2O3Si/c1-10(2,3)16(4,5)15-7-8(11)6-12-9(13)14/h8,12H,6-7,11H2,1-5H3,(H,13,14)/t8-/m0/s1. The fraction of sp³-hybridized carbons (Fsp3) is 0.900. The van der Waals surface area contributed by atoms with Gasteiger partial charge in [0, 0.05) is 12.6 Å². The Balaban J connectivity index is 4.00. The molecular formula is C10H24N2O3Si. The van der Waals surface area contributed by atoms with E-state index >= 15 is 0 Å². The van der Waals surface area contributed by atoms with Gasteiger partial charge in [-0.1, -0.05) is 20.8 Å². The van der Waals surface area contributed by atoms with Gasteiger partial charge in [0.15, 0.2) is 8.32 Å². The third kappa shape index (κ3) is 5.48. The van der Waals surface area contributed by atoms with Crippen LogP contribution < -0.4 is 11.1 Å². The molecule has 4 N–H and O–H groups in total. The largest absolute Gasteiger partial charge is 0.465 e. The van der Waals surface area contributed by atoms with Crippen LogP contribution in [0.3, 0.4) is 0 Å². The van der Waals surface area contributed by atoms with Gasteiger partial charge in [-0.2, -0.15) is 0 Å². The molecule has 1 amide bonds. The first kappa shape index (κ1) is 15.4. The van der Waals surface area contributed by atoms with E-state index in [1.165, 1.54) is 0 Å². The van der Waals surface area contributed by atoms with E-state index in [-0.39, 0.29) is 17.6 Å². The van der Waals surface area contributed by atoms with Crippen molar-refractivity contribution in [3.8, 4) is 0 Å². The molecule has 5 nitrogen and oxygen atoms in total. The van der Waals surface area contributed by atoms with Crippen molar-refractivity contribution in [2.45, 2.75) is 44.9 Å². The molecule has 0 saturated heterocycles. The Labute approximate surface area is 98.5 Å². The highest BCUT2D eigenvalue weighted by molar-refractivity contribution is 6.74. The van der Waals surface area contributed by atoms with Crippen LogP contribution in [-0.4, -0.2) is 38.7 Å². The van der Waals surface area contributed by atoms with Crippen LogP contribution in [-0.2, 0) is 4.43 Å². The quantitative estimate of drug-likeness (QED) is 0.645. The van der Waals surface area contributed by atoms with Crippen molar-refractivity contribution in [2.24, 2.45) is 5.73 Å². The number of carbonyl (C=O) groups is 1. The minimum atomic E-state index is -1.78. The predicted octanol–water partition coefficient (Wildman–Crippen LogP) is 1.60. The number of hydrogen-bond acceptors (Lipinski definition) is 3. The summed E-state index contributed by atoms with van der Waals surface area (Å²) in [5.41, 5.74) is 5.74. The molecule has 0 aromatic rings.